The lowest BCUT2D eigenvalue weighted by molar-refractivity contribution is 0.129. The Labute approximate surface area is 112 Å². The first-order chi connectivity index (χ1) is 9.25. The number of rotatable bonds is 4. The molecular formula is C14H19FN2O2. The number of halogens is 1. The van der Waals surface area contributed by atoms with Crippen LogP contribution in [0.1, 0.15) is 12.0 Å². The van der Waals surface area contributed by atoms with Gasteiger partial charge in [0.05, 0.1) is 0 Å². The SMILES string of the molecule is O=C(NCC1CCNCC1F)OCc1ccccc1. The van der Waals surface area contributed by atoms with E-state index in [9.17, 15) is 9.18 Å². The molecule has 1 heterocycles. The second-order valence-electron chi connectivity index (χ2n) is 4.71. The molecule has 0 radical (unpaired) electrons. The maximum absolute atomic E-state index is 13.5. The van der Waals surface area contributed by atoms with Crippen molar-refractivity contribution in [2.75, 3.05) is 19.6 Å². The second-order valence-corrected chi connectivity index (χ2v) is 4.71. The van der Waals surface area contributed by atoms with Crippen molar-refractivity contribution in [3.63, 3.8) is 0 Å². The van der Waals surface area contributed by atoms with E-state index in [0.717, 1.165) is 18.5 Å². The predicted molar refractivity (Wildman–Crippen MR) is 70.5 cm³/mol. The van der Waals surface area contributed by atoms with Crippen LogP contribution in [-0.2, 0) is 11.3 Å². The molecule has 1 aliphatic rings. The molecule has 1 aromatic carbocycles. The minimum atomic E-state index is -0.900. The first kappa shape index (κ1) is 13.8. The van der Waals surface area contributed by atoms with Crippen molar-refractivity contribution in [2.45, 2.75) is 19.2 Å². The molecule has 4 nitrogen and oxygen atoms in total. The number of amides is 1. The Balaban J connectivity index is 1.67. The van der Waals surface area contributed by atoms with Gasteiger partial charge in [0.15, 0.2) is 0 Å². The highest BCUT2D eigenvalue weighted by Gasteiger charge is 2.24. The number of piperidine rings is 1. The number of hydrogen-bond donors (Lipinski definition) is 2. The molecule has 5 heteroatoms. The number of hydrogen-bond acceptors (Lipinski definition) is 3. The normalized spacial score (nSPS) is 22.8. The number of alkyl halides is 1. The van der Waals surface area contributed by atoms with Gasteiger partial charge < -0.3 is 15.4 Å². The molecule has 2 rings (SSSR count). The van der Waals surface area contributed by atoms with E-state index in [2.05, 4.69) is 10.6 Å². The van der Waals surface area contributed by atoms with E-state index in [1.807, 2.05) is 30.3 Å². The third-order valence-electron chi connectivity index (χ3n) is 3.26. The van der Waals surface area contributed by atoms with E-state index in [4.69, 9.17) is 4.74 Å². The summed E-state index contributed by atoms with van der Waals surface area (Å²) in [5.41, 5.74) is 0.933. The summed E-state index contributed by atoms with van der Waals surface area (Å²) < 4.78 is 18.6. The number of ether oxygens (including phenoxy) is 1. The largest absolute Gasteiger partial charge is 0.445 e. The summed E-state index contributed by atoms with van der Waals surface area (Å²) in [4.78, 5) is 11.5. The van der Waals surface area contributed by atoms with Gasteiger partial charge in [-0.05, 0) is 18.5 Å². The average Bonchev–Trinajstić information content (AvgIpc) is 2.45. The molecule has 2 N–H and O–H groups in total. The Morgan fingerprint density at radius 3 is 2.95 bits per heavy atom. The van der Waals surface area contributed by atoms with Crippen molar-refractivity contribution in [1.82, 2.24) is 10.6 Å². The fourth-order valence-corrected chi connectivity index (χ4v) is 2.09. The van der Waals surface area contributed by atoms with Gasteiger partial charge in [-0.1, -0.05) is 30.3 Å². The van der Waals surface area contributed by atoms with Crippen molar-refractivity contribution in [2.24, 2.45) is 5.92 Å². The van der Waals surface area contributed by atoms with Crippen molar-refractivity contribution < 1.29 is 13.9 Å². The summed E-state index contributed by atoms with van der Waals surface area (Å²) in [6, 6.07) is 9.45. The van der Waals surface area contributed by atoms with Crippen molar-refractivity contribution in [1.29, 1.82) is 0 Å². The van der Waals surface area contributed by atoms with Crippen LogP contribution in [0.4, 0.5) is 9.18 Å². The molecule has 0 aromatic heterocycles. The second kappa shape index (κ2) is 7.09. The molecule has 104 valence electrons. The summed E-state index contributed by atoms with van der Waals surface area (Å²) in [5, 5.41) is 5.60. The van der Waals surface area contributed by atoms with Gasteiger partial charge in [0, 0.05) is 19.0 Å². The van der Waals surface area contributed by atoms with Gasteiger partial charge in [0.2, 0.25) is 0 Å². The monoisotopic (exact) mass is 266 g/mol. The molecule has 2 unspecified atom stereocenters. The maximum Gasteiger partial charge on any atom is 0.407 e. The van der Waals surface area contributed by atoms with Crippen LogP contribution in [0, 0.1) is 5.92 Å². The lowest BCUT2D eigenvalue weighted by Gasteiger charge is -2.26. The fraction of sp³-hybridized carbons (Fsp3) is 0.500. The summed E-state index contributed by atoms with van der Waals surface area (Å²) in [6.07, 6.45) is -0.655. The quantitative estimate of drug-likeness (QED) is 0.874. The molecule has 1 fully saturated rings. The molecule has 1 amide bonds. The van der Waals surface area contributed by atoms with Gasteiger partial charge in [-0.3, -0.25) is 0 Å². The number of nitrogens with one attached hydrogen (secondary N) is 2. The molecule has 19 heavy (non-hydrogen) atoms. The lowest BCUT2D eigenvalue weighted by Crippen LogP contribution is -2.43. The maximum atomic E-state index is 13.5. The predicted octanol–water partition coefficient (Wildman–Crippen LogP) is 1.86. The van der Waals surface area contributed by atoms with E-state index >= 15 is 0 Å². The van der Waals surface area contributed by atoms with Crippen LogP contribution in [0.5, 0.6) is 0 Å². The van der Waals surface area contributed by atoms with Crippen LogP contribution in [0.3, 0.4) is 0 Å². The van der Waals surface area contributed by atoms with Gasteiger partial charge in [-0.2, -0.15) is 0 Å². The molecule has 0 bridgehead atoms. The first-order valence-electron chi connectivity index (χ1n) is 6.55. The Kier molecular flexibility index (Phi) is 5.15. The lowest BCUT2D eigenvalue weighted by atomic mass is 9.96. The standard InChI is InChI=1S/C14H19FN2O2/c15-13-9-16-7-6-12(13)8-17-14(18)19-10-11-4-2-1-3-5-11/h1-5,12-13,16H,6-10H2,(H,17,18). The van der Waals surface area contributed by atoms with Crippen LogP contribution < -0.4 is 10.6 Å². The molecule has 0 aliphatic carbocycles. The summed E-state index contributed by atoms with van der Waals surface area (Å²) >= 11 is 0. The Hall–Kier alpha value is -1.62. The van der Waals surface area contributed by atoms with Crippen molar-refractivity contribution >= 4 is 6.09 Å². The van der Waals surface area contributed by atoms with Crippen LogP contribution in [-0.4, -0.2) is 31.9 Å². The zero-order valence-electron chi connectivity index (χ0n) is 10.8. The van der Waals surface area contributed by atoms with Crippen LogP contribution in [0.15, 0.2) is 30.3 Å². The van der Waals surface area contributed by atoms with E-state index in [0.29, 0.717) is 13.1 Å². The minimum absolute atomic E-state index is 0.120. The van der Waals surface area contributed by atoms with Crippen LogP contribution in [0.2, 0.25) is 0 Å². The first-order valence-corrected chi connectivity index (χ1v) is 6.55. The molecular weight excluding hydrogens is 247 g/mol. The van der Waals surface area contributed by atoms with Gasteiger partial charge in [-0.15, -0.1) is 0 Å². The Bertz CT molecular complexity index is 400. The topological polar surface area (TPSA) is 50.4 Å². The average molecular weight is 266 g/mol. The third kappa shape index (κ3) is 4.52. The Morgan fingerprint density at radius 1 is 1.42 bits per heavy atom. The smallest absolute Gasteiger partial charge is 0.407 e. The molecule has 1 aliphatic heterocycles. The molecule has 1 aromatic rings. The summed E-state index contributed by atoms with van der Waals surface area (Å²) in [5.74, 6) is -0.120. The highest BCUT2D eigenvalue weighted by atomic mass is 19.1. The molecule has 0 spiro atoms. The van der Waals surface area contributed by atoms with E-state index < -0.39 is 12.3 Å². The van der Waals surface area contributed by atoms with Gasteiger partial charge in [0.25, 0.3) is 0 Å². The summed E-state index contributed by atoms with van der Waals surface area (Å²) in [7, 11) is 0. The number of carbonyl (C=O) groups excluding carboxylic acids is 1. The highest BCUT2D eigenvalue weighted by Crippen LogP contribution is 2.14. The number of benzene rings is 1. The molecule has 0 saturated carbocycles. The van der Waals surface area contributed by atoms with Gasteiger partial charge >= 0.3 is 6.09 Å². The molecule has 1 saturated heterocycles. The third-order valence-corrected chi connectivity index (χ3v) is 3.26. The van der Waals surface area contributed by atoms with E-state index in [-0.39, 0.29) is 12.5 Å². The van der Waals surface area contributed by atoms with Crippen LogP contribution in [0.25, 0.3) is 0 Å². The zero-order valence-corrected chi connectivity index (χ0v) is 10.8. The van der Waals surface area contributed by atoms with Crippen molar-refractivity contribution in [3.05, 3.63) is 35.9 Å². The number of alkyl carbamates (subject to hydrolysis) is 1. The van der Waals surface area contributed by atoms with Crippen LogP contribution >= 0.6 is 0 Å². The van der Waals surface area contributed by atoms with E-state index in [1.165, 1.54) is 0 Å². The Morgan fingerprint density at radius 2 is 2.21 bits per heavy atom. The molecule has 2 atom stereocenters. The fourth-order valence-electron chi connectivity index (χ4n) is 2.09. The zero-order chi connectivity index (χ0) is 13.5. The van der Waals surface area contributed by atoms with Crippen molar-refractivity contribution in [3.8, 4) is 0 Å². The van der Waals surface area contributed by atoms with E-state index in [1.54, 1.807) is 0 Å². The summed E-state index contributed by atoms with van der Waals surface area (Å²) in [6.45, 7) is 1.73. The number of carbonyl (C=O) groups is 1. The highest BCUT2D eigenvalue weighted by molar-refractivity contribution is 5.67. The minimum Gasteiger partial charge on any atom is -0.445 e. The van der Waals surface area contributed by atoms with Gasteiger partial charge in [0.1, 0.15) is 12.8 Å². The van der Waals surface area contributed by atoms with Gasteiger partial charge in [-0.25, -0.2) is 9.18 Å².